The third-order valence-electron chi connectivity index (χ3n) is 5.02. The largest absolute Gasteiger partial charge is 0.497 e. The Hall–Kier alpha value is -3.42. The molecule has 160 valence electrons. The molecular weight excluding hydrogens is 390 g/mol. The molecule has 0 aliphatic carbocycles. The van der Waals surface area contributed by atoms with Gasteiger partial charge in [0, 0.05) is 13.1 Å². The second-order valence-corrected chi connectivity index (χ2v) is 6.68. The maximum absolute atomic E-state index is 12.6. The van der Waals surface area contributed by atoms with Crippen molar-refractivity contribution in [3.63, 3.8) is 0 Å². The van der Waals surface area contributed by atoms with Crippen LogP contribution in [0.3, 0.4) is 0 Å². The Morgan fingerprint density at radius 1 is 0.867 bits per heavy atom. The summed E-state index contributed by atoms with van der Waals surface area (Å²) >= 11 is 0. The number of methoxy groups -OCH3 is 4. The number of amides is 1. The Morgan fingerprint density at radius 2 is 1.53 bits per heavy atom. The van der Waals surface area contributed by atoms with Crippen molar-refractivity contribution in [1.29, 1.82) is 0 Å². The molecule has 2 aromatic carbocycles. The van der Waals surface area contributed by atoms with Crippen LogP contribution in [0.15, 0.2) is 30.3 Å². The van der Waals surface area contributed by atoms with Crippen LogP contribution in [0.4, 0.5) is 0 Å². The molecule has 0 bridgehead atoms. The second kappa shape index (κ2) is 9.39. The van der Waals surface area contributed by atoms with Crippen LogP contribution in [0.25, 0.3) is 0 Å². The highest BCUT2D eigenvalue weighted by Gasteiger charge is 2.24. The first kappa shape index (κ1) is 21.3. The van der Waals surface area contributed by atoms with Gasteiger partial charge in [0.25, 0.3) is 5.91 Å². The molecule has 0 saturated carbocycles. The predicted octanol–water partition coefficient (Wildman–Crippen LogP) is 2.46. The number of carbonyl (C=O) groups excluding carboxylic acids is 2. The van der Waals surface area contributed by atoms with Gasteiger partial charge in [-0.15, -0.1) is 0 Å². The number of esters is 1. The number of rotatable bonds is 7. The summed E-state index contributed by atoms with van der Waals surface area (Å²) in [6, 6.07) is 8.62. The molecule has 0 radical (unpaired) electrons. The second-order valence-electron chi connectivity index (χ2n) is 6.68. The lowest BCUT2D eigenvalue weighted by Gasteiger charge is -2.29. The molecule has 30 heavy (non-hydrogen) atoms. The SMILES string of the molecule is COc1ccc(OC)c(C(=O)OCC(=O)N2CCc3cc(OC)c(OC)cc3C2)c1. The summed E-state index contributed by atoms with van der Waals surface area (Å²) in [6.45, 7) is 0.581. The van der Waals surface area contributed by atoms with Gasteiger partial charge in [0.05, 0.1) is 28.4 Å². The summed E-state index contributed by atoms with van der Waals surface area (Å²) in [5.74, 6) is 1.19. The number of fused-ring (bicyclic) bond motifs is 1. The Labute approximate surface area is 175 Å². The quantitative estimate of drug-likeness (QED) is 0.643. The average molecular weight is 415 g/mol. The van der Waals surface area contributed by atoms with Crippen LogP contribution >= 0.6 is 0 Å². The number of hydrogen-bond acceptors (Lipinski definition) is 7. The van der Waals surface area contributed by atoms with Gasteiger partial charge in [0.15, 0.2) is 18.1 Å². The number of nitrogens with zero attached hydrogens (tertiary/aromatic N) is 1. The van der Waals surface area contributed by atoms with E-state index in [-0.39, 0.29) is 18.1 Å². The molecule has 0 saturated heterocycles. The van der Waals surface area contributed by atoms with Gasteiger partial charge >= 0.3 is 5.97 Å². The van der Waals surface area contributed by atoms with Gasteiger partial charge in [-0.1, -0.05) is 0 Å². The fraction of sp³-hybridized carbons (Fsp3) is 0.364. The Kier molecular flexibility index (Phi) is 6.66. The van der Waals surface area contributed by atoms with Gasteiger partial charge in [-0.2, -0.15) is 0 Å². The monoisotopic (exact) mass is 415 g/mol. The number of hydrogen-bond donors (Lipinski definition) is 0. The first-order chi connectivity index (χ1) is 14.5. The average Bonchev–Trinajstić information content (AvgIpc) is 2.80. The zero-order valence-corrected chi connectivity index (χ0v) is 17.5. The van der Waals surface area contributed by atoms with E-state index in [1.54, 1.807) is 31.3 Å². The minimum absolute atomic E-state index is 0.200. The summed E-state index contributed by atoms with van der Waals surface area (Å²) in [6.07, 6.45) is 0.680. The van der Waals surface area contributed by atoms with E-state index in [1.807, 2.05) is 12.1 Å². The number of ether oxygens (including phenoxy) is 5. The van der Waals surface area contributed by atoms with Crippen molar-refractivity contribution in [3.05, 3.63) is 47.0 Å². The van der Waals surface area contributed by atoms with Crippen LogP contribution < -0.4 is 18.9 Å². The van der Waals surface area contributed by atoms with Gasteiger partial charge in [0.2, 0.25) is 0 Å². The molecule has 8 nitrogen and oxygen atoms in total. The van der Waals surface area contributed by atoms with E-state index in [4.69, 9.17) is 23.7 Å². The summed E-state index contributed by atoms with van der Waals surface area (Å²) in [5.41, 5.74) is 2.29. The van der Waals surface area contributed by atoms with E-state index in [9.17, 15) is 9.59 Å². The van der Waals surface area contributed by atoms with Crippen LogP contribution in [-0.2, 0) is 22.5 Å². The molecule has 0 N–H and O–H groups in total. The molecule has 2 aromatic rings. The maximum atomic E-state index is 12.6. The lowest BCUT2D eigenvalue weighted by Crippen LogP contribution is -2.38. The number of carbonyl (C=O) groups is 2. The number of benzene rings is 2. The predicted molar refractivity (Wildman–Crippen MR) is 108 cm³/mol. The Balaban J connectivity index is 1.66. The third kappa shape index (κ3) is 4.42. The van der Waals surface area contributed by atoms with Crippen molar-refractivity contribution in [3.8, 4) is 23.0 Å². The maximum Gasteiger partial charge on any atom is 0.342 e. The molecule has 3 rings (SSSR count). The molecule has 1 amide bonds. The summed E-state index contributed by atoms with van der Waals surface area (Å²) < 4.78 is 26.3. The minimum Gasteiger partial charge on any atom is -0.497 e. The fourth-order valence-corrected chi connectivity index (χ4v) is 3.37. The summed E-state index contributed by atoms with van der Waals surface area (Å²) in [7, 11) is 6.12. The van der Waals surface area contributed by atoms with Gasteiger partial charge in [0.1, 0.15) is 17.1 Å². The molecule has 0 spiro atoms. The Bertz CT molecular complexity index is 941. The van der Waals surface area contributed by atoms with Crippen molar-refractivity contribution >= 4 is 11.9 Å². The summed E-state index contributed by atoms with van der Waals surface area (Å²) in [4.78, 5) is 26.8. The molecule has 1 aliphatic heterocycles. The summed E-state index contributed by atoms with van der Waals surface area (Å²) in [5, 5.41) is 0. The molecule has 0 atom stereocenters. The fourth-order valence-electron chi connectivity index (χ4n) is 3.37. The lowest BCUT2D eigenvalue weighted by atomic mass is 9.99. The van der Waals surface area contributed by atoms with Gasteiger partial charge in [-0.05, 0) is 47.9 Å². The van der Waals surface area contributed by atoms with Crippen LogP contribution in [0, 0.1) is 0 Å². The molecule has 0 unspecified atom stereocenters. The minimum atomic E-state index is -0.650. The molecule has 1 aliphatic rings. The van der Waals surface area contributed by atoms with Crippen LogP contribution in [-0.4, -0.2) is 58.4 Å². The normalized spacial score (nSPS) is 12.6. The highest BCUT2D eigenvalue weighted by Crippen LogP contribution is 2.33. The molecule has 0 fully saturated rings. The van der Waals surface area contributed by atoms with Crippen molar-refractivity contribution in [2.45, 2.75) is 13.0 Å². The van der Waals surface area contributed by atoms with Gasteiger partial charge < -0.3 is 28.6 Å². The smallest absolute Gasteiger partial charge is 0.342 e. The van der Waals surface area contributed by atoms with Crippen LogP contribution in [0.1, 0.15) is 21.5 Å². The molecular formula is C22H25NO7. The van der Waals surface area contributed by atoms with Gasteiger partial charge in [-0.3, -0.25) is 4.79 Å². The van der Waals surface area contributed by atoms with E-state index in [1.165, 1.54) is 20.3 Å². The lowest BCUT2D eigenvalue weighted by molar-refractivity contribution is -0.135. The van der Waals surface area contributed by atoms with E-state index >= 15 is 0 Å². The zero-order valence-electron chi connectivity index (χ0n) is 17.5. The van der Waals surface area contributed by atoms with Crippen molar-refractivity contribution in [2.24, 2.45) is 0 Å². The zero-order chi connectivity index (χ0) is 21.7. The molecule has 1 heterocycles. The first-order valence-electron chi connectivity index (χ1n) is 9.41. The van der Waals surface area contributed by atoms with E-state index < -0.39 is 5.97 Å². The third-order valence-corrected chi connectivity index (χ3v) is 5.02. The standard InChI is InChI=1S/C22H25NO7/c1-26-16-5-6-18(27-2)17(11-16)22(25)30-13-21(24)23-8-7-14-9-19(28-3)20(29-4)10-15(14)12-23/h5-6,9-11H,7-8,12-13H2,1-4H3. The highest BCUT2D eigenvalue weighted by atomic mass is 16.5. The molecule has 0 aromatic heterocycles. The highest BCUT2D eigenvalue weighted by molar-refractivity contribution is 5.94. The van der Waals surface area contributed by atoms with E-state index in [0.717, 1.165) is 11.1 Å². The Morgan fingerprint density at radius 3 is 2.17 bits per heavy atom. The van der Waals surface area contributed by atoms with E-state index in [2.05, 4.69) is 0 Å². The van der Waals surface area contributed by atoms with Gasteiger partial charge in [-0.25, -0.2) is 4.79 Å². The van der Waals surface area contributed by atoms with E-state index in [0.29, 0.717) is 42.5 Å². The molecule has 8 heteroatoms. The van der Waals surface area contributed by atoms with Crippen LogP contribution in [0.2, 0.25) is 0 Å². The van der Waals surface area contributed by atoms with Crippen molar-refractivity contribution in [2.75, 3.05) is 41.6 Å². The van der Waals surface area contributed by atoms with Crippen LogP contribution in [0.5, 0.6) is 23.0 Å². The van der Waals surface area contributed by atoms with Crippen molar-refractivity contribution in [1.82, 2.24) is 4.90 Å². The topological polar surface area (TPSA) is 83.5 Å². The van der Waals surface area contributed by atoms with Crippen molar-refractivity contribution < 1.29 is 33.3 Å². The first-order valence-corrected chi connectivity index (χ1v) is 9.41.